The van der Waals surface area contributed by atoms with Crippen molar-refractivity contribution in [3.05, 3.63) is 60.2 Å². The van der Waals surface area contributed by atoms with E-state index >= 15 is 0 Å². The van der Waals surface area contributed by atoms with Crippen LogP contribution in [0.15, 0.2) is 59.5 Å². The molecule has 1 aliphatic heterocycles. The topological polar surface area (TPSA) is 78.5 Å². The number of nitrogens with zero attached hydrogens (tertiary/aromatic N) is 1. The Morgan fingerprint density at radius 2 is 1.81 bits per heavy atom. The molecule has 1 atom stereocenters. The van der Waals surface area contributed by atoms with E-state index in [0.717, 1.165) is 19.4 Å². The summed E-state index contributed by atoms with van der Waals surface area (Å²) in [5.74, 6) is -0.362. The Kier molecular flexibility index (Phi) is 5.58. The van der Waals surface area contributed by atoms with Crippen LogP contribution in [0.3, 0.4) is 0 Å². The van der Waals surface area contributed by atoms with Crippen molar-refractivity contribution in [3.63, 3.8) is 0 Å². The maximum atomic E-state index is 13.1. The molecule has 0 bridgehead atoms. The average Bonchev–Trinajstić information content (AvgIpc) is 2.69. The second-order valence-corrected chi connectivity index (χ2v) is 8.26. The number of carbonyl (C=O) groups is 1. The summed E-state index contributed by atoms with van der Waals surface area (Å²) in [6.07, 6.45) is 1.87. The predicted octanol–water partition coefficient (Wildman–Crippen LogP) is 1.99. The fraction of sp³-hybridized carbons (Fsp3) is 0.316. The third kappa shape index (κ3) is 3.89. The smallest absolute Gasteiger partial charge is 0.264 e. The molecule has 138 valence electrons. The summed E-state index contributed by atoms with van der Waals surface area (Å²) in [6, 6.07) is 15.1. The third-order valence-corrected chi connectivity index (χ3v) is 6.37. The molecule has 1 saturated heterocycles. The van der Waals surface area contributed by atoms with E-state index < -0.39 is 10.0 Å². The van der Waals surface area contributed by atoms with E-state index in [9.17, 15) is 13.2 Å². The molecule has 0 radical (unpaired) electrons. The Bertz CT molecular complexity index is 863. The van der Waals surface area contributed by atoms with Crippen molar-refractivity contribution in [1.82, 2.24) is 10.6 Å². The molecular formula is C19H23N3O3S. The average molecular weight is 373 g/mol. The summed E-state index contributed by atoms with van der Waals surface area (Å²) >= 11 is 0. The predicted molar refractivity (Wildman–Crippen MR) is 102 cm³/mol. The monoisotopic (exact) mass is 373 g/mol. The molecule has 2 aromatic carbocycles. The van der Waals surface area contributed by atoms with Gasteiger partial charge in [-0.25, -0.2) is 8.42 Å². The zero-order valence-electron chi connectivity index (χ0n) is 14.7. The molecule has 0 aliphatic carbocycles. The Morgan fingerprint density at radius 1 is 1.12 bits per heavy atom. The van der Waals surface area contributed by atoms with Crippen LogP contribution in [0, 0.1) is 0 Å². The molecule has 1 unspecified atom stereocenters. The van der Waals surface area contributed by atoms with Crippen LogP contribution in [0.4, 0.5) is 5.69 Å². The molecule has 6 nitrogen and oxygen atoms in total. The lowest BCUT2D eigenvalue weighted by Crippen LogP contribution is -2.46. The van der Waals surface area contributed by atoms with Crippen molar-refractivity contribution < 1.29 is 13.2 Å². The van der Waals surface area contributed by atoms with E-state index in [1.807, 2.05) is 6.07 Å². The van der Waals surface area contributed by atoms with Crippen LogP contribution >= 0.6 is 0 Å². The number of rotatable bonds is 5. The standard InChI is InChI=1S/C19H23N3O3S/c1-22(16-9-3-2-4-10-16)26(24,25)18-12-6-5-11-17(18)19(23)21-15-8-7-13-20-14-15/h2-6,9-12,15,20H,7-8,13-14H2,1H3,(H,21,23). The van der Waals surface area contributed by atoms with E-state index in [4.69, 9.17) is 0 Å². The zero-order valence-corrected chi connectivity index (χ0v) is 15.5. The van der Waals surface area contributed by atoms with Crippen LogP contribution < -0.4 is 14.9 Å². The van der Waals surface area contributed by atoms with Crippen molar-refractivity contribution in [2.24, 2.45) is 0 Å². The lowest BCUT2D eigenvalue weighted by atomic mass is 10.1. The SMILES string of the molecule is CN(c1ccccc1)S(=O)(=O)c1ccccc1C(=O)NC1CCCNC1. The van der Waals surface area contributed by atoms with Crippen LogP contribution in [-0.4, -0.2) is 40.5 Å². The largest absolute Gasteiger partial charge is 0.348 e. The Morgan fingerprint density at radius 3 is 2.50 bits per heavy atom. The van der Waals surface area contributed by atoms with E-state index in [1.165, 1.54) is 17.4 Å². The van der Waals surface area contributed by atoms with Crippen LogP contribution in [0.1, 0.15) is 23.2 Å². The number of hydrogen-bond acceptors (Lipinski definition) is 4. The van der Waals surface area contributed by atoms with E-state index in [2.05, 4.69) is 10.6 Å². The minimum Gasteiger partial charge on any atom is -0.348 e. The quantitative estimate of drug-likeness (QED) is 0.840. The van der Waals surface area contributed by atoms with E-state index in [1.54, 1.807) is 42.5 Å². The maximum absolute atomic E-state index is 13.1. The minimum atomic E-state index is -3.85. The van der Waals surface area contributed by atoms with Crippen LogP contribution in [-0.2, 0) is 10.0 Å². The number of para-hydroxylation sites is 1. The third-order valence-electron chi connectivity index (χ3n) is 4.52. The molecule has 0 aromatic heterocycles. The molecule has 1 amide bonds. The summed E-state index contributed by atoms with van der Waals surface area (Å²) in [5, 5.41) is 6.18. The van der Waals surface area contributed by atoms with Crippen molar-refractivity contribution in [1.29, 1.82) is 0 Å². The highest BCUT2D eigenvalue weighted by molar-refractivity contribution is 7.92. The molecule has 26 heavy (non-hydrogen) atoms. The number of nitrogens with one attached hydrogen (secondary N) is 2. The van der Waals surface area contributed by atoms with Gasteiger partial charge in [0.25, 0.3) is 15.9 Å². The normalized spacial score (nSPS) is 17.5. The molecule has 0 saturated carbocycles. The molecule has 2 aromatic rings. The molecule has 0 spiro atoms. The van der Waals surface area contributed by atoms with Crippen LogP contribution in [0.2, 0.25) is 0 Å². The Balaban J connectivity index is 1.89. The van der Waals surface area contributed by atoms with Gasteiger partial charge in [-0.1, -0.05) is 30.3 Å². The van der Waals surface area contributed by atoms with Gasteiger partial charge in [0.15, 0.2) is 0 Å². The number of sulfonamides is 1. The van der Waals surface area contributed by atoms with Crippen LogP contribution in [0.25, 0.3) is 0 Å². The first-order valence-corrected chi connectivity index (χ1v) is 10.1. The summed E-state index contributed by atoms with van der Waals surface area (Å²) in [4.78, 5) is 12.7. The lowest BCUT2D eigenvalue weighted by molar-refractivity contribution is 0.0927. The van der Waals surface area contributed by atoms with Gasteiger partial charge in [0.1, 0.15) is 4.90 Å². The van der Waals surface area contributed by atoms with Gasteiger partial charge < -0.3 is 10.6 Å². The number of benzene rings is 2. The van der Waals surface area contributed by atoms with Crippen molar-refractivity contribution >= 4 is 21.6 Å². The maximum Gasteiger partial charge on any atom is 0.264 e. The highest BCUT2D eigenvalue weighted by Gasteiger charge is 2.27. The van der Waals surface area contributed by atoms with E-state index in [0.29, 0.717) is 12.2 Å². The lowest BCUT2D eigenvalue weighted by Gasteiger charge is -2.25. The van der Waals surface area contributed by atoms with Gasteiger partial charge in [-0.2, -0.15) is 0 Å². The van der Waals surface area contributed by atoms with Crippen molar-refractivity contribution in [3.8, 4) is 0 Å². The molecular weight excluding hydrogens is 350 g/mol. The van der Waals surface area contributed by atoms with Gasteiger partial charge >= 0.3 is 0 Å². The first-order chi connectivity index (χ1) is 12.5. The minimum absolute atomic E-state index is 0.00706. The van der Waals surface area contributed by atoms with Gasteiger partial charge in [-0.15, -0.1) is 0 Å². The first kappa shape index (κ1) is 18.4. The zero-order chi connectivity index (χ0) is 18.6. The van der Waals surface area contributed by atoms with Gasteiger partial charge in [-0.3, -0.25) is 9.10 Å². The summed E-state index contributed by atoms with van der Waals surface area (Å²) in [5.41, 5.74) is 0.708. The van der Waals surface area contributed by atoms with Crippen molar-refractivity contribution in [2.75, 3.05) is 24.4 Å². The van der Waals surface area contributed by atoms with Gasteiger partial charge in [-0.05, 0) is 43.7 Å². The van der Waals surface area contributed by atoms with E-state index in [-0.39, 0.29) is 22.4 Å². The fourth-order valence-electron chi connectivity index (χ4n) is 3.04. The second kappa shape index (κ2) is 7.88. The summed E-state index contributed by atoms with van der Waals surface area (Å²) in [6.45, 7) is 1.64. The van der Waals surface area contributed by atoms with Crippen molar-refractivity contribution in [2.45, 2.75) is 23.8 Å². The molecule has 3 rings (SSSR count). The number of amides is 1. The Labute approximate surface area is 154 Å². The first-order valence-electron chi connectivity index (χ1n) is 8.65. The number of piperidine rings is 1. The molecule has 2 N–H and O–H groups in total. The van der Waals surface area contributed by atoms with Gasteiger partial charge in [0.05, 0.1) is 11.3 Å². The number of carbonyl (C=O) groups excluding carboxylic acids is 1. The molecule has 1 fully saturated rings. The van der Waals surface area contributed by atoms with Gasteiger partial charge in [0.2, 0.25) is 0 Å². The number of hydrogen-bond donors (Lipinski definition) is 2. The highest BCUT2D eigenvalue weighted by atomic mass is 32.2. The molecule has 1 heterocycles. The highest BCUT2D eigenvalue weighted by Crippen LogP contribution is 2.24. The second-order valence-electron chi connectivity index (χ2n) is 6.32. The Hall–Kier alpha value is -2.38. The molecule has 1 aliphatic rings. The molecule has 7 heteroatoms. The van der Waals surface area contributed by atoms with Gasteiger partial charge in [0, 0.05) is 19.6 Å². The summed E-state index contributed by atoms with van der Waals surface area (Å²) < 4.78 is 27.4. The summed E-state index contributed by atoms with van der Waals surface area (Å²) in [7, 11) is -2.36. The number of anilines is 1. The fourth-order valence-corrected chi connectivity index (χ4v) is 4.43. The van der Waals surface area contributed by atoms with Crippen LogP contribution in [0.5, 0.6) is 0 Å².